The molecule has 22 nitrogen and oxygen atoms in total. The average Bonchev–Trinajstić information content (AvgIpc) is 1.21. The number of carboxylic acid groups (broad SMARTS) is 1. The Morgan fingerprint density at radius 3 is 1.97 bits per heavy atom. The van der Waals surface area contributed by atoms with Crippen LogP contribution < -0.4 is 31.3 Å². The Morgan fingerprint density at radius 2 is 1.34 bits per heavy atom. The zero-order valence-electron chi connectivity index (χ0n) is 57.5. The summed E-state index contributed by atoms with van der Waals surface area (Å²) in [6, 6.07) is 19.8. The van der Waals surface area contributed by atoms with Crippen LogP contribution >= 0.6 is 33.2 Å². The normalized spacial score (nSPS) is 15.2. The summed E-state index contributed by atoms with van der Waals surface area (Å²) in [5.41, 5.74) is 2.85. The van der Waals surface area contributed by atoms with Crippen LogP contribution in [0.1, 0.15) is 129 Å². The maximum absolute atomic E-state index is 13.7. The third kappa shape index (κ3) is 30.6. The van der Waals surface area contributed by atoms with Crippen LogP contribution in [-0.2, 0) is 76.7 Å². The van der Waals surface area contributed by atoms with Gasteiger partial charge in [0.1, 0.15) is 17.8 Å². The number of ether oxygens (including phenoxy) is 5. The van der Waals surface area contributed by atoms with E-state index in [9.17, 15) is 43.5 Å². The second-order valence-electron chi connectivity index (χ2n) is 25.9. The molecular formula is C71H103ClN8O14S2. The maximum atomic E-state index is 13.7. The molecule has 0 aliphatic carbocycles. The van der Waals surface area contributed by atoms with E-state index in [2.05, 4.69) is 80.6 Å². The van der Waals surface area contributed by atoms with Gasteiger partial charge in [0, 0.05) is 107 Å². The van der Waals surface area contributed by atoms with Crippen molar-refractivity contribution in [1.82, 2.24) is 41.3 Å². The Hall–Kier alpha value is -6.35. The molecule has 4 atom stereocenters. The number of nitrogens with one attached hydrogen (secondary N) is 5. The summed E-state index contributed by atoms with van der Waals surface area (Å²) in [4.78, 5) is 107. The van der Waals surface area contributed by atoms with Crippen LogP contribution in [0.25, 0.3) is 0 Å². The van der Waals surface area contributed by atoms with Crippen LogP contribution in [-0.4, -0.2) is 196 Å². The van der Waals surface area contributed by atoms with E-state index in [0.29, 0.717) is 101 Å². The summed E-state index contributed by atoms with van der Waals surface area (Å²) in [5, 5.41) is 24.0. The monoisotopic (exact) mass is 1390 g/mol. The lowest BCUT2D eigenvalue weighted by molar-refractivity contribution is -0.144. The Kier molecular flexibility index (Phi) is 35.5. The zero-order valence-corrected chi connectivity index (χ0v) is 59.9. The van der Waals surface area contributed by atoms with E-state index >= 15 is 0 Å². The molecule has 96 heavy (non-hydrogen) atoms. The number of halogens is 1. The van der Waals surface area contributed by atoms with Crippen LogP contribution in [0.5, 0.6) is 5.75 Å². The number of carbonyl (C=O) groups is 8. The fraction of sp³-hybridized carbons (Fsp3) is 0.577. The van der Waals surface area contributed by atoms with Gasteiger partial charge in [0.2, 0.25) is 29.5 Å². The number of piperazine rings is 1. The van der Waals surface area contributed by atoms with E-state index < -0.39 is 53.0 Å². The van der Waals surface area contributed by atoms with Crippen molar-refractivity contribution in [2.75, 3.05) is 106 Å². The van der Waals surface area contributed by atoms with E-state index in [1.54, 1.807) is 48.9 Å². The van der Waals surface area contributed by atoms with Gasteiger partial charge < -0.3 is 60.3 Å². The summed E-state index contributed by atoms with van der Waals surface area (Å²) >= 11 is 6.40. The van der Waals surface area contributed by atoms with Crippen LogP contribution in [0.4, 0.5) is 0 Å². The molecule has 0 aromatic heterocycles. The highest BCUT2D eigenvalue weighted by Crippen LogP contribution is 2.44. The van der Waals surface area contributed by atoms with Crippen molar-refractivity contribution in [1.29, 1.82) is 0 Å². The van der Waals surface area contributed by atoms with Gasteiger partial charge in [-0.05, 0) is 139 Å². The number of benzene rings is 3. The third-order valence-electron chi connectivity index (χ3n) is 16.2. The molecule has 6 N–H and O–H groups in total. The first kappa shape index (κ1) is 80.3. The summed E-state index contributed by atoms with van der Waals surface area (Å²) < 4.78 is 28.5. The number of nitrogens with zero attached hydrogens (tertiary/aromatic N) is 3. The molecule has 25 heteroatoms. The van der Waals surface area contributed by atoms with Crippen LogP contribution in [0.2, 0.25) is 5.02 Å². The molecule has 0 unspecified atom stereocenters. The number of rotatable bonds is 46. The number of amides is 7. The number of aliphatic carboxylic acids is 1. The first-order valence-electron chi connectivity index (χ1n) is 33.3. The zero-order chi connectivity index (χ0) is 70.0. The molecular weight excluding hydrogens is 1290 g/mol. The predicted octanol–water partition coefficient (Wildman–Crippen LogP) is 8.28. The quantitative estimate of drug-likeness (QED) is 0.0134. The Balaban J connectivity index is 0.911. The Morgan fingerprint density at radius 1 is 0.729 bits per heavy atom. The lowest BCUT2D eigenvalue weighted by Gasteiger charge is -2.36. The molecule has 2 heterocycles. The minimum atomic E-state index is -1.17. The van der Waals surface area contributed by atoms with E-state index in [-0.39, 0.29) is 67.0 Å². The second kappa shape index (κ2) is 42.5. The molecule has 3 aromatic rings. The van der Waals surface area contributed by atoms with Crippen molar-refractivity contribution in [3.05, 3.63) is 118 Å². The van der Waals surface area contributed by atoms with Crippen molar-refractivity contribution in [2.45, 2.75) is 154 Å². The molecule has 0 saturated carbocycles. The molecule has 7 amide bonds. The Bertz CT molecular complexity index is 3020. The SMILES string of the molecule is COc1ccc(C[C@@H](NC(=O)/C=C/CC[C@H](C)O[C@@H](C)c2ccc(CN3CCN(CCC(C)(C)SSc4ccccc4CC(=O)NCCCOCCOCCOCCCNC(=O)CCN4C(=O)C=CC4=O)CC3)cc2)C(=O)NCC(C)(C)C(=O)N[C@@H](CC(C)C)C(=O)O)cc1Cl. The number of hydrogen-bond acceptors (Lipinski definition) is 17. The van der Waals surface area contributed by atoms with Crippen molar-refractivity contribution >= 4 is 80.5 Å². The number of imide groups is 1. The standard InChI is InChI=1S/C71H103ClN8O14S2/c1-50(2)44-59(68(87)88)77-69(89)70(5,6)49-75-67(86)58(46-54-22-25-60(90-9)57(72)45-54)76-63(82)19-13-10-16-51(3)94-52(4)55-23-20-53(21-24-55)48-79-36-34-78(35-37-79)33-29-71(7,8)96-95-61-18-12-11-17-56(61)47-64(83)74-31-15-39-92-41-43-93-42-40-91-38-14-30-73-62(81)28-32-80-65(84)26-27-66(80)85/h11-13,17-27,45,50-52,58-59H,10,14-16,28-44,46-49H2,1-9H3,(H,73,81)(H,74,83)(H,75,86)(H,76,82)(H,77,89)(H,87,88)/b19-13+/t51-,52-,58+,59-/m0/s1. The minimum absolute atomic E-state index is 0.0102. The molecule has 530 valence electrons. The van der Waals surface area contributed by atoms with Gasteiger partial charge in [-0.1, -0.05) is 102 Å². The largest absolute Gasteiger partial charge is 0.495 e. The summed E-state index contributed by atoms with van der Waals surface area (Å²) in [6.45, 7) is 25.0. The molecule has 0 radical (unpaired) electrons. The van der Waals surface area contributed by atoms with Crippen LogP contribution in [0, 0.1) is 11.3 Å². The van der Waals surface area contributed by atoms with Gasteiger partial charge in [0.25, 0.3) is 11.8 Å². The topological polar surface area (TPSA) is 273 Å². The second-order valence-corrected chi connectivity index (χ2v) is 29.2. The smallest absolute Gasteiger partial charge is 0.326 e. The van der Waals surface area contributed by atoms with Gasteiger partial charge in [0.05, 0.1) is 62.6 Å². The molecule has 0 bridgehead atoms. The first-order valence-corrected chi connectivity index (χ1v) is 35.9. The molecule has 0 spiro atoms. The molecule has 3 aromatic carbocycles. The number of hydrogen-bond donors (Lipinski definition) is 6. The highest BCUT2D eigenvalue weighted by molar-refractivity contribution is 8.77. The third-order valence-corrected chi connectivity index (χ3v) is 19.9. The number of methoxy groups -OCH3 is 1. The van der Waals surface area contributed by atoms with Gasteiger partial charge in [-0.15, -0.1) is 0 Å². The number of allylic oxidation sites excluding steroid dienone is 1. The molecule has 2 aliphatic heterocycles. The highest BCUT2D eigenvalue weighted by Gasteiger charge is 2.34. The van der Waals surface area contributed by atoms with Crippen LogP contribution in [0.15, 0.2) is 95.9 Å². The van der Waals surface area contributed by atoms with E-state index in [0.717, 1.165) is 66.6 Å². The lowest BCUT2D eigenvalue weighted by Crippen LogP contribution is -2.53. The van der Waals surface area contributed by atoms with Gasteiger partial charge in [0.15, 0.2) is 0 Å². The molecule has 5 rings (SSSR count). The van der Waals surface area contributed by atoms with E-state index in [1.165, 1.54) is 30.9 Å². The lowest BCUT2D eigenvalue weighted by atomic mass is 9.91. The molecule has 1 saturated heterocycles. The summed E-state index contributed by atoms with van der Waals surface area (Å²) in [6.07, 6.45) is 9.57. The fourth-order valence-electron chi connectivity index (χ4n) is 10.3. The summed E-state index contributed by atoms with van der Waals surface area (Å²) in [7, 11) is 5.09. The fourth-order valence-corrected chi connectivity index (χ4v) is 13.1. The number of carboxylic acids is 1. The summed E-state index contributed by atoms with van der Waals surface area (Å²) in [5.74, 6) is -3.20. The van der Waals surface area contributed by atoms with E-state index in [1.807, 2.05) is 56.7 Å². The van der Waals surface area contributed by atoms with Gasteiger partial charge in [-0.3, -0.25) is 43.4 Å². The van der Waals surface area contributed by atoms with Gasteiger partial charge >= 0.3 is 5.97 Å². The van der Waals surface area contributed by atoms with Gasteiger partial charge in [-0.25, -0.2) is 4.79 Å². The maximum Gasteiger partial charge on any atom is 0.326 e. The predicted molar refractivity (Wildman–Crippen MR) is 375 cm³/mol. The van der Waals surface area contributed by atoms with E-state index in [4.69, 9.17) is 35.3 Å². The van der Waals surface area contributed by atoms with Crippen molar-refractivity contribution < 1.29 is 67.1 Å². The highest BCUT2D eigenvalue weighted by atomic mass is 35.5. The first-order chi connectivity index (χ1) is 45.8. The molecule has 2 aliphatic rings. The van der Waals surface area contributed by atoms with Crippen molar-refractivity contribution in [3.63, 3.8) is 0 Å². The van der Waals surface area contributed by atoms with Crippen LogP contribution in [0.3, 0.4) is 0 Å². The Labute approximate surface area is 580 Å². The average molecular weight is 1390 g/mol. The van der Waals surface area contributed by atoms with Crippen molar-refractivity contribution in [3.8, 4) is 5.75 Å². The number of carbonyl (C=O) groups excluding carboxylic acids is 7. The van der Waals surface area contributed by atoms with Gasteiger partial charge in [-0.2, -0.15) is 0 Å². The minimum Gasteiger partial charge on any atom is -0.495 e. The van der Waals surface area contributed by atoms with Crippen molar-refractivity contribution in [2.24, 2.45) is 11.3 Å². The molecule has 1 fully saturated rings.